The van der Waals surface area contributed by atoms with Gasteiger partial charge in [-0.3, -0.25) is 0 Å². The van der Waals surface area contributed by atoms with Gasteiger partial charge in [-0.15, -0.1) is 0 Å². The predicted molar refractivity (Wildman–Crippen MR) is 47.7 cm³/mol. The van der Waals surface area contributed by atoms with Crippen molar-refractivity contribution in [1.82, 2.24) is 0 Å². The molecular formula is C10H10O2. The van der Waals surface area contributed by atoms with Gasteiger partial charge >= 0.3 is 5.97 Å². The highest BCUT2D eigenvalue weighted by Gasteiger charge is 2.06. The molecule has 0 unspecified atom stereocenters. The van der Waals surface area contributed by atoms with Gasteiger partial charge in [0.1, 0.15) is 0 Å². The SMILES string of the molecule is CC=C(C(=O)O)c1ccccc1. The normalized spacial score (nSPS) is 11.2. The summed E-state index contributed by atoms with van der Waals surface area (Å²) in [5.74, 6) is -0.885. The topological polar surface area (TPSA) is 37.3 Å². The predicted octanol–water partition coefficient (Wildman–Crippen LogP) is 2.17. The summed E-state index contributed by atoms with van der Waals surface area (Å²) >= 11 is 0. The number of carboxylic acid groups (broad SMARTS) is 1. The Labute approximate surface area is 71.2 Å². The Kier molecular flexibility index (Phi) is 2.64. The Bertz CT molecular complexity index is 299. The molecule has 0 heterocycles. The van der Waals surface area contributed by atoms with Crippen molar-refractivity contribution in [2.24, 2.45) is 0 Å². The van der Waals surface area contributed by atoms with Crippen LogP contribution in [0.5, 0.6) is 0 Å². The lowest BCUT2D eigenvalue weighted by Gasteiger charge is -1.99. The molecule has 1 N–H and O–H groups in total. The van der Waals surface area contributed by atoms with Gasteiger partial charge in [0.15, 0.2) is 0 Å². The molecule has 0 saturated heterocycles. The fourth-order valence-electron chi connectivity index (χ4n) is 1.03. The molecule has 0 aliphatic carbocycles. The first-order chi connectivity index (χ1) is 5.75. The van der Waals surface area contributed by atoms with E-state index < -0.39 is 5.97 Å². The lowest BCUT2D eigenvalue weighted by atomic mass is 10.1. The van der Waals surface area contributed by atoms with Crippen LogP contribution in [0.2, 0.25) is 0 Å². The Hall–Kier alpha value is -1.57. The molecular weight excluding hydrogens is 152 g/mol. The van der Waals surface area contributed by atoms with Crippen molar-refractivity contribution in [1.29, 1.82) is 0 Å². The second-order valence-corrected chi connectivity index (χ2v) is 2.37. The zero-order chi connectivity index (χ0) is 8.97. The third-order valence-corrected chi connectivity index (χ3v) is 1.60. The molecule has 0 aliphatic rings. The lowest BCUT2D eigenvalue weighted by Crippen LogP contribution is -1.98. The number of aliphatic carboxylic acids is 1. The second-order valence-electron chi connectivity index (χ2n) is 2.37. The molecule has 2 nitrogen and oxygen atoms in total. The summed E-state index contributed by atoms with van der Waals surface area (Å²) in [5.41, 5.74) is 1.09. The summed E-state index contributed by atoms with van der Waals surface area (Å²) in [6.45, 7) is 1.72. The second kappa shape index (κ2) is 3.72. The van der Waals surface area contributed by atoms with Gasteiger partial charge in [-0.2, -0.15) is 0 Å². The van der Waals surface area contributed by atoms with E-state index in [0.717, 1.165) is 5.56 Å². The molecule has 0 bridgehead atoms. The molecule has 2 heteroatoms. The van der Waals surface area contributed by atoms with Crippen LogP contribution in [0.3, 0.4) is 0 Å². The van der Waals surface area contributed by atoms with Gasteiger partial charge in [0.25, 0.3) is 0 Å². The van der Waals surface area contributed by atoms with Crippen molar-refractivity contribution in [2.45, 2.75) is 6.92 Å². The summed E-state index contributed by atoms with van der Waals surface area (Å²) in [4.78, 5) is 10.7. The number of rotatable bonds is 2. The third-order valence-electron chi connectivity index (χ3n) is 1.60. The van der Waals surface area contributed by atoms with Crippen LogP contribution in [-0.4, -0.2) is 11.1 Å². The van der Waals surface area contributed by atoms with Gasteiger partial charge < -0.3 is 5.11 Å². The molecule has 0 aromatic heterocycles. The molecule has 0 amide bonds. The average Bonchev–Trinajstić information content (AvgIpc) is 2.07. The number of hydrogen-bond acceptors (Lipinski definition) is 1. The molecule has 0 saturated carbocycles. The van der Waals surface area contributed by atoms with E-state index in [1.165, 1.54) is 0 Å². The number of carbonyl (C=O) groups is 1. The zero-order valence-corrected chi connectivity index (χ0v) is 6.82. The number of allylic oxidation sites excluding steroid dienone is 1. The molecule has 0 spiro atoms. The smallest absolute Gasteiger partial charge is 0.335 e. The number of hydrogen-bond donors (Lipinski definition) is 1. The Morgan fingerprint density at radius 2 is 1.92 bits per heavy atom. The van der Waals surface area contributed by atoms with E-state index >= 15 is 0 Å². The minimum Gasteiger partial charge on any atom is -0.478 e. The molecule has 12 heavy (non-hydrogen) atoms. The number of carboxylic acids is 1. The monoisotopic (exact) mass is 162 g/mol. The van der Waals surface area contributed by atoms with Gasteiger partial charge in [0, 0.05) is 0 Å². The molecule has 0 radical (unpaired) electrons. The van der Waals surface area contributed by atoms with Gasteiger partial charge in [0.05, 0.1) is 5.57 Å². The fraction of sp³-hybridized carbons (Fsp3) is 0.100. The van der Waals surface area contributed by atoms with Crippen LogP contribution in [0.1, 0.15) is 12.5 Å². The first-order valence-corrected chi connectivity index (χ1v) is 3.70. The molecule has 0 fully saturated rings. The van der Waals surface area contributed by atoms with E-state index in [-0.39, 0.29) is 0 Å². The van der Waals surface area contributed by atoms with Gasteiger partial charge in [-0.25, -0.2) is 4.79 Å². The fourth-order valence-corrected chi connectivity index (χ4v) is 1.03. The quantitative estimate of drug-likeness (QED) is 0.676. The summed E-state index contributed by atoms with van der Waals surface area (Å²) in [6, 6.07) is 9.06. The maximum Gasteiger partial charge on any atom is 0.335 e. The van der Waals surface area contributed by atoms with E-state index in [1.807, 2.05) is 18.2 Å². The van der Waals surface area contributed by atoms with Crippen molar-refractivity contribution in [2.75, 3.05) is 0 Å². The lowest BCUT2D eigenvalue weighted by molar-refractivity contribution is -0.130. The molecule has 0 atom stereocenters. The van der Waals surface area contributed by atoms with Gasteiger partial charge in [0.2, 0.25) is 0 Å². The van der Waals surface area contributed by atoms with Crippen molar-refractivity contribution in [3.8, 4) is 0 Å². The van der Waals surface area contributed by atoms with Crippen LogP contribution in [0.15, 0.2) is 36.4 Å². The van der Waals surface area contributed by atoms with Gasteiger partial charge in [-0.1, -0.05) is 36.4 Å². The Morgan fingerprint density at radius 1 is 1.33 bits per heavy atom. The summed E-state index contributed by atoms with van der Waals surface area (Å²) < 4.78 is 0. The van der Waals surface area contributed by atoms with Crippen molar-refractivity contribution >= 4 is 11.5 Å². The summed E-state index contributed by atoms with van der Waals surface area (Å²) in [7, 11) is 0. The highest BCUT2D eigenvalue weighted by molar-refractivity contribution is 6.15. The first-order valence-electron chi connectivity index (χ1n) is 3.70. The highest BCUT2D eigenvalue weighted by atomic mass is 16.4. The van der Waals surface area contributed by atoms with Crippen LogP contribution < -0.4 is 0 Å². The summed E-state index contributed by atoms with van der Waals surface area (Å²) in [6.07, 6.45) is 1.59. The van der Waals surface area contributed by atoms with E-state index in [9.17, 15) is 4.79 Å². The minimum atomic E-state index is -0.885. The minimum absolute atomic E-state index is 0.343. The van der Waals surface area contributed by atoms with E-state index in [1.54, 1.807) is 25.1 Å². The molecule has 62 valence electrons. The van der Waals surface area contributed by atoms with E-state index in [2.05, 4.69) is 0 Å². The zero-order valence-electron chi connectivity index (χ0n) is 6.82. The highest BCUT2D eigenvalue weighted by Crippen LogP contribution is 2.13. The van der Waals surface area contributed by atoms with Gasteiger partial charge in [-0.05, 0) is 12.5 Å². The van der Waals surface area contributed by atoms with Crippen LogP contribution in [0.4, 0.5) is 0 Å². The maximum atomic E-state index is 10.7. The largest absolute Gasteiger partial charge is 0.478 e. The standard InChI is InChI=1S/C10H10O2/c1-2-9(10(11)12)8-6-4-3-5-7-8/h2-7H,1H3,(H,11,12). The van der Waals surface area contributed by atoms with Crippen molar-refractivity contribution in [3.63, 3.8) is 0 Å². The van der Waals surface area contributed by atoms with Crippen molar-refractivity contribution in [3.05, 3.63) is 42.0 Å². The Morgan fingerprint density at radius 3 is 2.33 bits per heavy atom. The average molecular weight is 162 g/mol. The maximum absolute atomic E-state index is 10.7. The van der Waals surface area contributed by atoms with Crippen LogP contribution >= 0.6 is 0 Å². The van der Waals surface area contributed by atoms with Crippen LogP contribution in [0.25, 0.3) is 5.57 Å². The summed E-state index contributed by atoms with van der Waals surface area (Å²) in [5, 5.41) is 8.76. The first kappa shape index (κ1) is 8.53. The third kappa shape index (κ3) is 1.72. The molecule has 1 aromatic rings. The molecule has 1 rings (SSSR count). The van der Waals surface area contributed by atoms with Crippen LogP contribution in [0, 0.1) is 0 Å². The van der Waals surface area contributed by atoms with E-state index in [4.69, 9.17) is 5.11 Å². The Balaban J connectivity index is 3.05. The molecule has 1 aromatic carbocycles. The van der Waals surface area contributed by atoms with Crippen molar-refractivity contribution < 1.29 is 9.90 Å². The van der Waals surface area contributed by atoms with Crippen LogP contribution in [-0.2, 0) is 4.79 Å². The van der Waals surface area contributed by atoms with E-state index in [0.29, 0.717) is 5.57 Å². The number of benzene rings is 1. The molecule has 0 aliphatic heterocycles.